The van der Waals surface area contributed by atoms with Crippen molar-refractivity contribution in [2.24, 2.45) is 11.7 Å². The molecule has 2 fully saturated rings. The van der Waals surface area contributed by atoms with Gasteiger partial charge in [-0.15, -0.1) is 12.4 Å². The third kappa shape index (κ3) is 6.27. The summed E-state index contributed by atoms with van der Waals surface area (Å²) in [4.78, 5) is 1.86. The zero-order valence-corrected chi connectivity index (χ0v) is 20.2. The van der Waals surface area contributed by atoms with Gasteiger partial charge in [-0.05, 0) is 61.3 Å². The SMILES string of the molecule is Cl.N=C(N)N1CCc2ccc(OCC3CCN(S(=O)(=O)NC4CCCCC4)CC3)cc2C1. The number of nitrogens with zero attached hydrogens (tertiary/aromatic N) is 2. The predicted octanol–water partition coefficient (Wildman–Crippen LogP) is 2.62. The molecule has 0 bridgehead atoms. The minimum Gasteiger partial charge on any atom is -0.493 e. The Morgan fingerprint density at radius 2 is 1.81 bits per heavy atom. The topological polar surface area (TPSA) is 112 Å². The lowest BCUT2D eigenvalue weighted by atomic mass is 9.96. The third-order valence-electron chi connectivity index (χ3n) is 6.85. The van der Waals surface area contributed by atoms with Crippen molar-refractivity contribution < 1.29 is 13.2 Å². The number of fused-ring (bicyclic) bond motifs is 1. The molecule has 0 unspecified atom stereocenters. The Morgan fingerprint density at radius 3 is 2.50 bits per heavy atom. The van der Waals surface area contributed by atoms with E-state index in [1.165, 1.54) is 12.0 Å². The molecular weight excluding hydrogens is 450 g/mol. The van der Waals surface area contributed by atoms with Gasteiger partial charge in [0.1, 0.15) is 5.75 Å². The lowest BCUT2D eigenvalue weighted by Crippen LogP contribution is -2.49. The first kappa shape index (κ1) is 25.1. The van der Waals surface area contributed by atoms with E-state index in [0.717, 1.165) is 62.8 Å². The molecule has 1 saturated carbocycles. The van der Waals surface area contributed by atoms with Gasteiger partial charge in [0.2, 0.25) is 0 Å². The summed E-state index contributed by atoms with van der Waals surface area (Å²) in [6, 6.07) is 6.27. The quantitative estimate of drug-likeness (QED) is 0.423. The molecule has 0 aromatic heterocycles. The van der Waals surface area contributed by atoms with Gasteiger partial charge in [0, 0.05) is 32.2 Å². The van der Waals surface area contributed by atoms with Crippen LogP contribution in [0.3, 0.4) is 0 Å². The summed E-state index contributed by atoms with van der Waals surface area (Å²) in [5, 5.41) is 7.65. The first-order chi connectivity index (χ1) is 14.9. The molecule has 2 heterocycles. The lowest BCUT2D eigenvalue weighted by Gasteiger charge is -2.33. The molecule has 0 radical (unpaired) electrons. The second-order valence-electron chi connectivity index (χ2n) is 9.10. The van der Waals surface area contributed by atoms with E-state index < -0.39 is 10.2 Å². The highest BCUT2D eigenvalue weighted by Gasteiger charge is 2.30. The van der Waals surface area contributed by atoms with E-state index in [1.54, 1.807) is 4.31 Å². The van der Waals surface area contributed by atoms with E-state index in [1.807, 2.05) is 11.0 Å². The van der Waals surface area contributed by atoms with Crippen molar-refractivity contribution in [1.29, 1.82) is 5.41 Å². The number of hydrogen-bond donors (Lipinski definition) is 3. The standard InChI is InChI=1S/C22H35N5O3S.ClH/c23-22(24)26-11-10-18-6-7-21(14-19(18)15-26)30-16-17-8-12-27(13-9-17)31(28,29)25-20-4-2-1-3-5-20;/h6-7,14,17,20,25H,1-5,8-13,15-16H2,(H3,23,24);1H. The van der Waals surface area contributed by atoms with Crippen molar-refractivity contribution in [3.05, 3.63) is 29.3 Å². The summed E-state index contributed by atoms with van der Waals surface area (Å²) in [7, 11) is -3.39. The summed E-state index contributed by atoms with van der Waals surface area (Å²) in [6.45, 7) is 3.12. The fourth-order valence-corrected chi connectivity index (χ4v) is 6.36. The fourth-order valence-electron chi connectivity index (χ4n) is 4.86. The van der Waals surface area contributed by atoms with Crippen LogP contribution in [0.1, 0.15) is 56.1 Å². The van der Waals surface area contributed by atoms with Crippen LogP contribution in [0.2, 0.25) is 0 Å². The van der Waals surface area contributed by atoms with Crippen LogP contribution in [-0.4, -0.2) is 55.9 Å². The van der Waals surface area contributed by atoms with E-state index in [4.69, 9.17) is 15.9 Å². The Morgan fingerprint density at radius 1 is 1.09 bits per heavy atom. The first-order valence-electron chi connectivity index (χ1n) is 11.5. The van der Waals surface area contributed by atoms with Gasteiger partial charge in [-0.25, -0.2) is 0 Å². The molecule has 1 aromatic rings. The van der Waals surface area contributed by atoms with Crippen molar-refractivity contribution in [3.63, 3.8) is 0 Å². The number of piperidine rings is 1. The number of rotatable bonds is 6. The Hall–Kier alpha value is -1.55. The Labute approximate surface area is 198 Å². The smallest absolute Gasteiger partial charge is 0.279 e. The predicted molar refractivity (Wildman–Crippen MR) is 128 cm³/mol. The highest BCUT2D eigenvalue weighted by atomic mass is 35.5. The van der Waals surface area contributed by atoms with E-state index in [9.17, 15) is 8.42 Å². The van der Waals surface area contributed by atoms with Crippen LogP contribution in [0.15, 0.2) is 18.2 Å². The van der Waals surface area contributed by atoms with E-state index >= 15 is 0 Å². The van der Waals surface area contributed by atoms with Crippen molar-refractivity contribution in [2.75, 3.05) is 26.2 Å². The minimum atomic E-state index is -3.39. The summed E-state index contributed by atoms with van der Waals surface area (Å²) < 4.78 is 36.0. The summed E-state index contributed by atoms with van der Waals surface area (Å²) in [5.41, 5.74) is 8.09. The monoisotopic (exact) mass is 485 g/mol. The highest BCUT2D eigenvalue weighted by Crippen LogP contribution is 2.26. The second-order valence-corrected chi connectivity index (χ2v) is 10.8. The van der Waals surface area contributed by atoms with Crippen molar-refractivity contribution in [3.8, 4) is 5.75 Å². The molecule has 8 nitrogen and oxygen atoms in total. The third-order valence-corrected chi connectivity index (χ3v) is 8.53. The average Bonchev–Trinajstić information content (AvgIpc) is 2.78. The summed E-state index contributed by atoms with van der Waals surface area (Å²) in [5.74, 6) is 1.29. The van der Waals surface area contributed by atoms with E-state index in [2.05, 4.69) is 16.9 Å². The van der Waals surface area contributed by atoms with Crippen LogP contribution in [0.25, 0.3) is 0 Å². The molecule has 0 spiro atoms. The molecule has 3 aliphatic rings. The zero-order valence-electron chi connectivity index (χ0n) is 18.6. The zero-order chi connectivity index (χ0) is 21.8. The number of hydrogen-bond acceptors (Lipinski definition) is 4. The van der Waals surface area contributed by atoms with E-state index in [-0.39, 0.29) is 24.4 Å². The molecule has 1 aliphatic carbocycles. The Kier molecular flexibility index (Phi) is 8.66. The number of nitrogens with two attached hydrogens (primary N) is 1. The minimum absolute atomic E-state index is 0. The van der Waals surface area contributed by atoms with Crippen LogP contribution in [0.5, 0.6) is 5.75 Å². The fraction of sp³-hybridized carbons (Fsp3) is 0.682. The van der Waals surface area contributed by atoms with Crippen molar-refractivity contribution in [2.45, 2.75) is 64.0 Å². The van der Waals surface area contributed by atoms with Crippen LogP contribution < -0.4 is 15.2 Å². The van der Waals surface area contributed by atoms with Gasteiger partial charge in [-0.3, -0.25) is 5.41 Å². The molecule has 4 rings (SSSR count). The molecule has 1 aromatic carbocycles. The van der Waals surface area contributed by atoms with Gasteiger partial charge < -0.3 is 15.4 Å². The van der Waals surface area contributed by atoms with E-state index in [0.29, 0.717) is 32.2 Å². The highest BCUT2D eigenvalue weighted by molar-refractivity contribution is 7.87. The number of nitrogens with one attached hydrogen (secondary N) is 2. The van der Waals surface area contributed by atoms with Gasteiger partial charge in [-0.1, -0.05) is 25.3 Å². The molecular formula is C22H36ClN5O3S. The number of halogens is 1. The van der Waals surface area contributed by atoms with Gasteiger partial charge >= 0.3 is 0 Å². The molecule has 2 aliphatic heterocycles. The van der Waals surface area contributed by atoms with Gasteiger partial charge in [0.15, 0.2) is 5.96 Å². The molecule has 4 N–H and O–H groups in total. The van der Waals surface area contributed by atoms with Crippen LogP contribution in [0, 0.1) is 11.3 Å². The van der Waals surface area contributed by atoms with Gasteiger partial charge in [-0.2, -0.15) is 17.4 Å². The molecule has 0 amide bonds. The van der Waals surface area contributed by atoms with Crippen molar-refractivity contribution in [1.82, 2.24) is 13.9 Å². The first-order valence-corrected chi connectivity index (χ1v) is 13.0. The van der Waals surface area contributed by atoms with Crippen LogP contribution in [0.4, 0.5) is 0 Å². The number of guanidine groups is 1. The molecule has 1 saturated heterocycles. The molecule has 0 atom stereocenters. The molecule has 180 valence electrons. The second kappa shape index (κ2) is 11.0. The average molecular weight is 486 g/mol. The maximum atomic E-state index is 12.7. The summed E-state index contributed by atoms with van der Waals surface area (Å²) in [6.07, 6.45) is 7.86. The van der Waals surface area contributed by atoms with Gasteiger partial charge in [0.25, 0.3) is 10.2 Å². The van der Waals surface area contributed by atoms with Crippen LogP contribution >= 0.6 is 12.4 Å². The molecule has 10 heteroatoms. The Balaban J connectivity index is 0.00000289. The summed E-state index contributed by atoms with van der Waals surface area (Å²) >= 11 is 0. The Bertz CT molecular complexity index is 884. The molecule has 32 heavy (non-hydrogen) atoms. The normalized spacial score (nSPS) is 20.9. The van der Waals surface area contributed by atoms with Crippen molar-refractivity contribution >= 4 is 28.6 Å². The largest absolute Gasteiger partial charge is 0.493 e. The lowest BCUT2D eigenvalue weighted by molar-refractivity contribution is 0.183. The van der Waals surface area contributed by atoms with Gasteiger partial charge in [0.05, 0.1) is 6.61 Å². The number of ether oxygens (including phenoxy) is 1. The number of benzene rings is 1. The van der Waals surface area contributed by atoms with Crippen LogP contribution in [-0.2, 0) is 23.2 Å². The maximum absolute atomic E-state index is 12.7. The maximum Gasteiger partial charge on any atom is 0.279 e.